The Kier molecular flexibility index (Phi) is 2.91. The standard InChI is InChI=1S/C11H13ClN2O/c1-7-3-4-9(5-8(7)2)11-13-10(6-12)15-14-11/h3-4,8H,5-6H2,1-2H3. The number of hydrogen-bond donors (Lipinski definition) is 0. The van der Waals surface area contributed by atoms with Crippen molar-refractivity contribution in [2.24, 2.45) is 5.92 Å². The van der Waals surface area contributed by atoms with Crippen LogP contribution in [-0.2, 0) is 5.88 Å². The van der Waals surface area contributed by atoms with E-state index in [1.807, 2.05) is 0 Å². The van der Waals surface area contributed by atoms with Gasteiger partial charge in [-0.3, -0.25) is 0 Å². The fraction of sp³-hybridized carbons (Fsp3) is 0.455. The first-order valence-corrected chi connectivity index (χ1v) is 5.50. The van der Waals surface area contributed by atoms with Crippen LogP contribution in [-0.4, -0.2) is 10.1 Å². The van der Waals surface area contributed by atoms with Crippen molar-refractivity contribution < 1.29 is 4.52 Å². The summed E-state index contributed by atoms with van der Waals surface area (Å²) < 4.78 is 4.97. The summed E-state index contributed by atoms with van der Waals surface area (Å²) in [6.45, 7) is 4.33. The van der Waals surface area contributed by atoms with Gasteiger partial charge >= 0.3 is 0 Å². The van der Waals surface area contributed by atoms with Crippen molar-refractivity contribution in [3.8, 4) is 0 Å². The minimum absolute atomic E-state index is 0.269. The van der Waals surface area contributed by atoms with Gasteiger partial charge in [0.15, 0.2) is 5.82 Å². The second-order valence-corrected chi connectivity index (χ2v) is 4.12. The quantitative estimate of drug-likeness (QED) is 0.725. The highest BCUT2D eigenvalue weighted by Gasteiger charge is 2.17. The van der Waals surface area contributed by atoms with Gasteiger partial charge in [-0.2, -0.15) is 4.98 Å². The molecule has 1 aliphatic carbocycles. The average Bonchev–Trinajstić information content (AvgIpc) is 2.70. The van der Waals surface area contributed by atoms with Crippen LogP contribution in [0.4, 0.5) is 0 Å². The zero-order valence-corrected chi connectivity index (χ0v) is 9.58. The lowest BCUT2D eigenvalue weighted by Crippen LogP contribution is -2.03. The van der Waals surface area contributed by atoms with Gasteiger partial charge < -0.3 is 4.52 Å². The maximum absolute atomic E-state index is 5.60. The van der Waals surface area contributed by atoms with Gasteiger partial charge in [-0.15, -0.1) is 11.6 Å². The molecule has 0 saturated carbocycles. The molecule has 80 valence electrons. The van der Waals surface area contributed by atoms with Gasteiger partial charge in [-0.05, 0) is 19.3 Å². The summed E-state index contributed by atoms with van der Waals surface area (Å²) in [4.78, 5) is 4.20. The molecule has 1 heterocycles. The first-order chi connectivity index (χ1) is 7.20. The molecule has 0 aromatic carbocycles. The molecule has 1 atom stereocenters. The van der Waals surface area contributed by atoms with Crippen LogP contribution in [0.15, 0.2) is 22.2 Å². The maximum Gasteiger partial charge on any atom is 0.241 e. The van der Waals surface area contributed by atoms with Gasteiger partial charge in [-0.25, -0.2) is 0 Å². The van der Waals surface area contributed by atoms with Crippen LogP contribution >= 0.6 is 11.6 Å². The topological polar surface area (TPSA) is 38.9 Å². The Balaban J connectivity index is 2.25. The first-order valence-electron chi connectivity index (χ1n) is 4.97. The van der Waals surface area contributed by atoms with E-state index in [4.69, 9.17) is 16.1 Å². The smallest absolute Gasteiger partial charge is 0.241 e. The third-order valence-corrected chi connectivity index (χ3v) is 2.95. The molecule has 1 aromatic rings. The average molecular weight is 225 g/mol. The molecule has 1 aromatic heterocycles. The van der Waals surface area contributed by atoms with Crippen LogP contribution in [0.25, 0.3) is 5.57 Å². The van der Waals surface area contributed by atoms with E-state index in [1.54, 1.807) is 0 Å². The number of alkyl halides is 1. The number of aromatic nitrogens is 2. The Hall–Kier alpha value is -1.09. The van der Waals surface area contributed by atoms with E-state index >= 15 is 0 Å². The monoisotopic (exact) mass is 224 g/mol. The van der Waals surface area contributed by atoms with Crippen LogP contribution in [0.2, 0.25) is 0 Å². The number of hydrogen-bond acceptors (Lipinski definition) is 3. The molecule has 0 spiro atoms. The highest BCUT2D eigenvalue weighted by molar-refractivity contribution is 6.16. The van der Waals surface area contributed by atoms with E-state index in [9.17, 15) is 0 Å². The van der Waals surface area contributed by atoms with Crippen molar-refractivity contribution in [3.05, 3.63) is 29.4 Å². The van der Waals surface area contributed by atoms with Gasteiger partial charge in [0.25, 0.3) is 0 Å². The third-order valence-electron chi connectivity index (χ3n) is 2.72. The lowest BCUT2D eigenvalue weighted by molar-refractivity contribution is 0.387. The van der Waals surface area contributed by atoms with E-state index < -0.39 is 0 Å². The molecule has 1 unspecified atom stereocenters. The van der Waals surface area contributed by atoms with Crippen LogP contribution in [0.1, 0.15) is 32.0 Å². The number of rotatable bonds is 2. The maximum atomic E-state index is 5.60. The molecule has 0 bridgehead atoms. The Morgan fingerprint density at radius 3 is 2.93 bits per heavy atom. The molecule has 2 rings (SSSR count). The summed E-state index contributed by atoms with van der Waals surface area (Å²) in [6.07, 6.45) is 5.13. The summed E-state index contributed by atoms with van der Waals surface area (Å²) in [7, 11) is 0. The second kappa shape index (κ2) is 4.19. The molecule has 15 heavy (non-hydrogen) atoms. The summed E-state index contributed by atoms with van der Waals surface area (Å²) in [5, 5.41) is 3.90. The molecule has 1 aliphatic rings. The van der Waals surface area contributed by atoms with Gasteiger partial charge in [0.05, 0.1) is 0 Å². The second-order valence-electron chi connectivity index (χ2n) is 3.85. The molecular weight excluding hydrogens is 212 g/mol. The lowest BCUT2D eigenvalue weighted by Gasteiger charge is -2.16. The van der Waals surface area contributed by atoms with E-state index in [0.29, 0.717) is 17.6 Å². The largest absolute Gasteiger partial charge is 0.338 e. The zero-order chi connectivity index (χ0) is 10.8. The Morgan fingerprint density at radius 2 is 2.33 bits per heavy atom. The van der Waals surface area contributed by atoms with Crippen molar-refractivity contribution in [1.82, 2.24) is 10.1 Å². The fourth-order valence-corrected chi connectivity index (χ4v) is 1.67. The molecular formula is C11H13ClN2O. The highest BCUT2D eigenvalue weighted by Crippen LogP contribution is 2.29. The van der Waals surface area contributed by atoms with E-state index in [-0.39, 0.29) is 5.88 Å². The van der Waals surface area contributed by atoms with Crippen molar-refractivity contribution in [2.75, 3.05) is 0 Å². The number of allylic oxidation sites excluding steroid dienone is 4. The van der Waals surface area contributed by atoms with Crippen LogP contribution in [0, 0.1) is 5.92 Å². The van der Waals surface area contributed by atoms with E-state index in [2.05, 4.69) is 36.1 Å². The molecule has 0 fully saturated rings. The lowest BCUT2D eigenvalue weighted by atomic mass is 9.89. The van der Waals surface area contributed by atoms with E-state index in [0.717, 1.165) is 12.0 Å². The molecule has 3 nitrogen and oxygen atoms in total. The Bertz CT molecular complexity index is 420. The molecule has 0 aliphatic heterocycles. The fourth-order valence-electron chi connectivity index (χ4n) is 1.56. The van der Waals surface area contributed by atoms with Crippen LogP contribution in [0.5, 0.6) is 0 Å². The van der Waals surface area contributed by atoms with Gasteiger partial charge in [0.2, 0.25) is 5.89 Å². The van der Waals surface area contributed by atoms with E-state index in [1.165, 1.54) is 5.57 Å². The summed E-state index contributed by atoms with van der Waals surface area (Å²) in [5.41, 5.74) is 2.51. The highest BCUT2D eigenvalue weighted by atomic mass is 35.5. The Morgan fingerprint density at radius 1 is 1.53 bits per heavy atom. The SMILES string of the molecule is CC1=CC=C(c2noc(CCl)n2)CC1C. The van der Waals surface area contributed by atoms with Gasteiger partial charge in [0.1, 0.15) is 5.88 Å². The molecule has 0 radical (unpaired) electrons. The summed E-state index contributed by atoms with van der Waals surface area (Å²) >= 11 is 5.60. The zero-order valence-electron chi connectivity index (χ0n) is 8.83. The Labute approximate surface area is 93.8 Å². The summed E-state index contributed by atoms with van der Waals surface area (Å²) in [6, 6.07) is 0. The third kappa shape index (κ3) is 2.12. The predicted octanol–water partition coefficient (Wildman–Crippen LogP) is 3.18. The minimum Gasteiger partial charge on any atom is -0.338 e. The molecule has 0 saturated heterocycles. The van der Waals surface area contributed by atoms with Crippen molar-refractivity contribution in [2.45, 2.75) is 26.1 Å². The first kappa shape index (κ1) is 10.4. The van der Waals surface area contributed by atoms with Crippen molar-refractivity contribution in [3.63, 3.8) is 0 Å². The molecule has 4 heteroatoms. The minimum atomic E-state index is 0.269. The van der Waals surface area contributed by atoms with Crippen molar-refractivity contribution in [1.29, 1.82) is 0 Å². The van der Waals surface area contributed by atoms with Crippen molar-refractivity contribution >= 4 is 17.2 Å². The normalized spacial score (nSPS) is 21.1. The predicted molar refractivity (Wildman–Crippen MR) is 59.4 cm³/mol. The van der Waals surface area contributed by atoms with Crippen LogP contribution in [0.3, 0.4) is 0 Å². The number of nitrogens with zero attached hydrogens (tertiary/aromatic N) is 2. The summed E-state index contributed by atoms with van der Waals surface area (Å²) in [5.74, 6) is 1.96. The van der Waals surface area contributed by atoms with Gasteiger partial charge in [0, 0.05) is 5.57 Å². The molecule has 0 N–H and O–H groups in total. The van der Waals surface area contributed by atoms with Crippen LogP contribution < -0.4 is 0 Å². The van der Waals surface area contributed by atoms with Gasteiger partial charge in [-0.1, -0.05) is 29.8 Å². The molecule has 0 amide bonds. The number of halogens is 1.